The van der Waals surface area contributed by atoms with Crippen LogP contribution in [0.25, 0.3) is 10.1 Å². The molecule has 4 rings (SSSR count). The van der Waals surface area contributed by atoms with Crippen molar-refractivity contribution in [3.8, 4) is 0 Å². The Morgan fingerprint density at radius 1 is 1.24 bits per heavy atom. The van der Waals surface area contributed by atoms with Crippen molar-refractivity contribution in [1.82, 2.24) is 9.88 Å². The molecule has 6 nitrogen and oxygen atoms in total. The Labute approximate surface area is 173 Å². The van der Waals surface area contributed by atoms with Crippen molar-refractivity contribution in [2.45, 2.75) is 32.7 Å². The summed E-state index contributed by atoms with van der Waals surface area (Å²) in [6.07, 6.45) is 3.34. The SMILES string of the molecule is Cc1cc(NC(=O)C(=O)N2C[C@H](C)CC[C@H]2c2ccc3sccc3c2)cnc1N. The summed E-state index contributed by atoms with van der Waals surface area (Å²) in [4.78, 5) is 31.5. The topological polar surface area (TPSA) is 88.3 Å². The van der Waals surface area contributed by atoms with Crippen molar-refractivity contribution < 1.29 is 9.59 Å². The van der Waals surface area contributed by atoms with Crippen molar-refractivity contribution >= 4 is 44.7 Å². The Morgan fingerprint density at radius 2 is 2.07 bits per heavy atom. The van der Waals surface area contributed by atoms with Crippen LogP contribution in [0.3, 0.4) is 0 Å². The molecular weight excluding hydrogens is 384 g/mol. The quantitative estimate of drug-likeness (QED) is 0.624. The number of nitrogens with one attached hydrogen (secondary N) is 1. The number of nitrogens with two attached hydrogens (primary N) is 1. The van der Waals surface area contributed by atoms with Gasteiger partial charge in [-0.25, -0.2) is 4.98 Å². The highest BCUT2D eigenvalue weighted by Gasteiger charge is 2.34. The smallest absolute Gasteiger partial charge is 0.313 e. The maximum absolute atomic E-state index is 13.1. The molecule has 1 aliphatic heterocycles. The average Bonchev–Trinajstić information content (AvgIpc) is 3.18. The lowest BCUT2D eigenvalue weighted by Crippen LogP contribution is -2.46. The van der Waals surface area contributed by atoms with Gasteiger partial charge in [0.2, 0.25) is 0 Å². The van der Waals surface area contributed by atoms with Crippen LogP contribution in [0.15, 0.2) is 41.9 Å². The highest BCUT2D eigenvalue weighted by molar-refractivity contribution is 7.17. The van der Waals surface area contributed by atoms with Gasteiger partial charge in [0.15, 0.2) is 0 Å². The van der Waals surface area contributed by atoms with E-state index in [9.17, 15) is 9.59 Å². The van der Waals surface area contributed by atoms with E-state index < -0.39 is 11.8 Å². The molecule has 7 heteroatoms. The molecule has 3 aromatic rings. The third-order valence-corrected chi connectivity index (χ3v) is 6.41. The number of aryl methyl sites for hydroxylation is 1. The summed E-state index contributed by atoms with van der Waals surface area (Å²) in [5.74, 6) is -0.399. The number of nitrogens with zero attached hydrogens (tertiary/aromatic N) is 2. The van der Waals surface area contributed by atoms with Gasteiger partial charge in [-0.3, -0.25) is 9.59 Å². The predicted molar refractivity (Wildman–Crippen MR) is 117 cm³/mol. The van der Waals surface area contributed by atoms with E-state index in [0.29, 0.717) is 24.0 Å². The number of likely N-dealkylation sites (tertiary alicyclic amines) is 1. The van der Waals surface area contributed by atoms with E-state index in [1.165, 1.54) is 16.3 Å². The van der Waals surface area contributed by atoms with E-state index in [-0.39, 0.29) is 6.04 Å². The minimum absolute atomic E-state index is 0.0972. The monoisotopic (exact) mass is 408 g/mol. The van der Waals surface area contributed by atoms with Crippen LogP contribution < -0.4 is 11.1 Å². The number of hydrogen-bond donors (Lipinski definition) is 2. The fourth-order valence-electron chi connectivity index (χ4n) is 3.88. The lowest BCUT2D eigenvalue weighted by atomic mass is 9.89. The standard InChI is InChI=1S/C22H24N4O2S/c1-13-3-5-18(15-4-6-19-16(10-15)7-8-29-19)26(12-13)22(28)21(27)25-17-9-14(2)20(23)24-11-17/h4,6-11,13,18H,3,5,12H2,1-2H3,(H2,23,24)(H,25,27)/t13-,18+/m1/s1. The van der Waals surface area contributed by atoms with Crippen molar-refractivity contribution in [2.75, 3.05) is 17.6 Å². The highest BCUT2D eigenvalue weighted by Crippen LogP contribution is 2.35. The Hall–Kier alpha value is -2.93. The van der Waals surface area contributed by atoms with E-state index in [1.807, 2.05) is 6.92 Å². The number of fused-ring (bicyclic) bond motifs is 1. The maximum atomic E-state index is 13.1. The molecule has 0 saturated carbocycles. The molecule has 1 aromatic carbocycles. The number of nitrogen functional groups attached to an aromatic ring is 1. The van der Waals surface area contributed by atoms with E-state index in [0.717, 1.165) is 24.0 Å². The second-order valence-corrected chi connectivity index (χ2v) is 8.70. The Morgan fingerprint density at radius 3 is 2.86 bits per heavy atom. The van der Waals surface area contributed by atoms with Crippen LogP contribution >= 0.6 is 11.3 Å². The third-order valence-electron chi connectivity index (χ3n) is 5.51. The van der Waals surface area contributed by atoms with Crippen molar-refractivity contribution in [3.05, 3.63) is 53.0 Å². The molecule has 29 heavy (non-hydrogen) atoms. The lowest BCUT2D eigenvalue weighted by Gasteiger charge is -2.38. The summed E-state index contributed by atoms with van der Waals surface area (Å²) in [5.41, 5.74) is 8.03. The summed E-state index contributed by atoms with van der Waals surface area (Å²) in [6.45, 7) is 4.49. The number of hydrogen-bond acceptors (Lipinski definition) is 5. The number of thiophene rings is 1. The zero-order valence-electron chi connectivity index (χ0n) is 16.5. The zero-order chi connectivity index (χ0) is 20.5. The molecule has 2 amide bonds. The van der Waals surface area contributed by atoms with Crippen LogP contribution in [-0.2, 0) is 9.59 Å². The van der Waals surface area contributed by atoms with Crippen LogP contribution in [-0.4, -0.2) is 28.2 Å². The van der Waals surface area contributed by atoms with Crippen LogP contribution in [0.5, 0.6) is 0 Å². The number of aromatic nitrogens is 1. The minimum atomic E-state index is -0.647. The average molecular weight is 409 g/mol. The molecule has 3 heterocycles. The molecule has 3 N–H and O–H groups in total. The van der Waals surface area contributed by atoms with Crippen LogP contribution in [0.1, 0.15) is 36.9 Å². The number of rotatable bonds is 2. The molecule has 1 fully saturated rings. The van der Waals surface area contributed by atoms with Gasteiger partial charge in [-0.05, 0) is 71.8 Å². The molecule has 0 unspecified atom stereocenters. The molecule has 150 valence electrons. The highest BCUT2D eigenvalue weighted by atomic mass is 32.1. The summed E-state index contributed by atoms with van der Waals surface area (Å²) in [6, 6.07) is 10.0. The first-order valence-corrected chi connectivity index (χ1v) is 10.6. The Bertz CT molecular complexity index is 1080. The van der Waals surface area contributed by atoms with Crippen LogP contribution in [0, 0.1) is 12.8 Å². The van der Waals surface area contributed by atoms with Gasteiger partial charge in [-0.15, -0.1) is 11.3 Å². The summed E-state index contributed by atoms with van der Waals surface area (Å²) >= 11 is 1.70. The number of benzene rings is 1. The van der Waals surface area contributed by atoms with Gasteiger partial charge in [0, 0.05) is 11.2 Å². The molecule has 1 aliphatic rings. The van der Waals surface area contributed by atoms with Crippen molar-refractivity contribution in [2.24, 2.45) is 5.92 Å². The fourth-order valence-corrected chi connectivity index (χ4v) is 4.66. The van der Waals surface area contributed by atoms with E-state index in [1.54, 1.807) is 22.3 Å². The predicted octanol–water partition coefficient (Wildman–Crippen LogP) is 4.13. The van der Waals surface area contributed by atoms with Gasteiger partial charge in [-0.2, -0.15) is 0 Å². The molecular formula is C22H24N4O2S. The van der Waals surface area contributed by atoms with Gasteiger partial charge >= 0.3 is 11.8 Å². The van der Waals surface area contributed by atoms with Crippen molar-refractivity contribution in [3.63, 3.8) is 0 Å². The second kappa shape index (κ2) is 7.83. The lowest BCUT2D eigenvalue weighted by molar-refractivity contribution is -0.146. The van der Waals surface area contributed by atoms with Crippen LogP contribution in [0.2, 0.25) is 0 Å². The first kappa shape index (κ1) is 19.4. The van der Waals surface area contributed by atoms with Gasteiger partial charge in [0.1, 0.15) is 5.82 Å². The van der Waals surface area contributed by atoms with Gasteiger partial charge in [0.05, 0.1) is 17.9 Å². The number of piperidine rings is 1. The minimum Gasteiger partial charge on any atom is -0.383 e. The molecule has 0 radical (unpaired) electrons. The number of anilines is 2. The number of carbonyl (C=O) groups excluding carboxylic acids is 2. The molecule has 2 atom stereocenters. The summed E-state index contributed by atoms with van der Waals surface area (Å²) < 4.78 is 1.22. The Kier molecular flexibility index (Phi) is 5.24. The van der Waals surface area contributed by atoms with Crippen molar-refractivity contribution in [1.29, 1.82) is 0 Å². The summed E-state index contributed by atoms with van der Waals surface area (Å²) in [7, 11) is 0. The maximum Gasteiger partial charge on any atom is 0.313 e. The van der Waals surface area contributed by atoms with Gasteiger partial charge < -0.3 is 16.0 Å². The molecule has 0 bridgehead atoms. The van der Waals surface area contributed by atoms with E-state index in [2.05, 4.69) is 46.9 Å². The molecule has 2 aromatic heterocycles. The summed E-state index contributed by atoms with van der Waals surface area (Å²) in [5, 5.41) is 5.91. The fraction of sp³-hybridized carbons (Fsp3) is 0.318. The normalized spacial score (nSPS) is 19.3. The van der Waals surface area contributed by atoms with Gasteiger partial charge in [-0.1, -0.05) is 13.0 Å². The Balaban J connectivity index is 1.57. The number of carbonyl (C=O) groups is 2. The van der Waals surface area contributed by atoms with Gasteiger partial charge in [0.25, 0.3) is 0 Å². The first-order valence-electron chi connectivity index (χ1n) is 9.73. The third kappa shape index (κ3) is 3.96. The van der Waals surface area contributed by atoms with E-state index >= 15 is 0 Å². The largest absolute Gasteiger partial charge is 0.383 e. The second-order valence-electron chi connectivity index (χ2n) is 7.75. The van der Waals surface area contributed by atoms with E-state index in [4.69, 9.17) is 5.73 Å². The molecule has 0 spiro atoms. The molecule has 0 aliphatic carbocycles. The van der Waals surface area contributed by atoms with Crippen LogP contribution in [0.4, 0.5) is 11.5 Å². The zero-order valence-corrected chi connectivity index (χ0v) is 17.3. The molecule has 1 saturated heterocycles. The number of amides is 2. The first-order chi connectivity index (χ1) is 13.9. The number of pyridine rings is 1.